The molecule has 1 saturated carbocycles. The maximum absolute atomic E-state index is 13.7. The molecule has 5 nitrogen and oxygen atoms in total. The lowest BCUT2D eigenvalue weighted by Gasteiger charge is -2.20. The van der Waals surface area contributed by atoms with Gasteiger partial charge in [0.15, 0.2) is 0 Å². The number of rotatable bonds is 5. The fourth-order valence-corrected chi connectivity index (χ4v) is 4.12. The summed E-state index contributed by atoms with van der Waals surface area (Å²) in [6, 6.07) is 2.16. The van der Waals surface area contributed by atoms with Gasteiger partial charge in [0.05, 0.1) is 17.6 Å². The Hall–Kier alpha value is -1.02. The SMILES string of the molecule is COC1CCCC1NS(=O)(=O)c1cc(C)c(F)c(CO)c1. The van der Waals surface area contributed by atoms with Gasteiger partial charge in [0, 0.05) is 18.7 Å². The number of methoxy groups -OCH3 is 1. The van der Waals surface area contributed by atoms with E-state index in [4.69, 9.17) is 9.84 Å². The molecule has 0 saturated heterocycles. The number of nitrogens with one attached hydrogen (secondary N) is 1. The molecule has 2 N–H and O–H groups in total. The van der Waals surface area contributed by atoms with Gasteiger partial charge in [-0.2, -0.15) is 0 Å². The average molecular weight is 317 g/mol. The summed E-state index contributed by atoms with van der Waals surface area (Å²) in [5.74, 6) is -0.577. The monoisotopic (exact) mass is 317 g/mol. The summed E-state index contributed by atoms with van der Waals surface area (Å²) >= 11 is 0. The first kappa shape index (κ1) is 16.4. The van der Waals surface area contributed by atoms with Crippen LogP contribution in [0.1, 0.15) is 30.4 Å². The van der Waals surface area contributed by atoms with Gasteiger partial charge in [-0.05, 0) is 43.9 Å². The van der Waals surface area contributed by atoms with Gasteiger partial charge in [-0.1, -0.05) is 0 Å². The molecule has 0 aromatic heterocycles. The van der Waals surface area contributed by atoms with Crippen molar-refractivity contribution in [2.45, 2.75) is 49.8 Å². The molecule has 7 heteroatoms. The standard InChI is InChI=1S/C14H20FNO4S/c1-9-6-11(7-10(8-17)14(9)15)21(18,19)16-12-4-3-5-13(12)20-2/h6-7,12-13,16-17H,3-5,8H2,1-2H3. The molecule has 118 valence electrons. The van der Waals surface area contributed by atoms with Crippen LogP contribution < -0.4 is 4.72 Å². The lowest BCUT2D eigenvalue weighted by Crippen LogP contribution is -2.40. The van der Waals surface area contributed by atoms with E-state index in [1.54, 1.807) is 7.11 Å². The molecule has 1 aliphatic carbocycles. The van der Waals surface area contributed by atoms with Gasteiger partial charge in [0.2, 0.25) is 10.0 Å². The van der Waals surface area contributed by atoms with Crippen LogP contribution in [0, 0.1) is 12.7 Å². The Labute approximate surface area is 124 Å². The zero-order valence-corrected chi connectivity index (χ0v) is 12.9. The second kappa shape index (κ2) is 6.39. The van der Waals surface area contributed by atoms with Crippen molar-refractivity contribution in [3.63, 3.8) is 0 Å². The lowest BCUT2D eigenvalue weighted by molar-refractivity contribution is 0.0916. The fraction of sp³-hybridized carbons (Fsp3) is 0.571. The Morgan fingerprint density at radius 2 is 2.14 bits per heavy atom. The largest absolute Gasteiger partial charge is 0.392 e. The van der Waals surface area contributed by atoms with Crippen molar-refractivity contribution in [3.8, 4) is 0 Å². The molecule has 21 heavy (non-hydrogen) atoms. The topological polar surface area (TPSA) is 75.6 Å². The van der Waals surface area contributed by atoms with Crippen LogP contribution in [0.15, 0.2) is 17.0 Å². The number of halogens is 1. The van der Waals surface area contributed by atoms with Crippen LogP contribution >= 0.6 is 0 Å². The highest BCUT2D eigenvalue weighted by Crippen LogP contribution is 2.25. The maximum Gasteiger partial charge on any atom is 0.240 e. The Morgan fingerprint density at radius 1 is 1.43 bits per heavy atom. The third-order valence-corrected chi connectivity index (χ3v) is 5.32. The summed E-state index contributed by atoms with van der Waals surface area (Å²) in [5.41, 5.74) is 0.168. The summed E-state index contributed by atoms with van der Waals surface area (Å²) in [4.78, 5) is -0.0350. The molecule has 0 heterocycles. The summed E-state index contributed by atoms with van der Waals surface area (Å²) in [5, 5.41) is 9.12. The Balaban J connectivity index is 2.29. The van der Waals surface area contributed by atoms with Crippen LogP contribution in [0.5, 0.6) is 0 Å². The number of sulfonamides is 1. The molecule has 0 amide bonds. The normalized spacial score (nSPS) is 22.7. The molecule has 0 radical (unpaired) electrons. The third kappa shape index (κ3) is 3.42. The first-order valence-electron chi connectivity index (χ1n) is 6.84. The van der Waals surface area contributed by atoms with Crippen LogP contribution in [0.3, 0.4) is 0 Å². The molecule has 0 bridgehead atoms. The number of benzene rings is 1. The van der Waals surface area contributed by atoms with Crippen LogP contribution in [-0.2, 0) is 21.4 Å². The molecule has 1 aliphatic rings. The van der Waals surface area contributed by atoms with E-state index >= 15 is 0 Å². The minimum atomic E-state index is -3.77. The highest BCUT2D eigenvalue weighted by Gasteiger charge is 2.31. The molecule has 2 atom stereocenters. The molecule has 1 fully saturated rings. The van der Waals surface area contributed by atoms with E-state index in [0.29, 0.717) is 6.42 Å². The van der Waals surface area contributed by atoms with Gasteiger partial charge in [0.1, 0.15) is 5.82 Å². The molecule has 1 aromatic rings. The van der Waals surface area contributed by atoms with Gasteiger partial charge in [0.25, 0.3) is 0 Å². The molecular weight excluding hydrogens is 297 g/mol. The summed E-state index contributed by atoms with van der Waals surface area (Å²) < 4.78 is 46.4. The van der Waals surface area contributed by atoms with E-state index in [1.165, 1.54) is 19.1 Å². The van der Waals surface area contributed by atoms with Crippen LogP contribution in [0.25, 0.3) is 0 Å². The lowest BCUT2D eigenvalue weighted by atomic mass is 10.1. The Kier molecular flexibility index (Phi) is 4.98. The van der Waals surface area contributed by atoms with E-state index in [1.807, 2.05) is 0 Å². The quantitative estimate of drug-likeness (QED) is 0.862. The van der Waals surface area contributed by atoms with Gasteiger partial charge >= 0.3 is 0 Å². The number of aliphatic hydroxyl groups is 1. The van der Waals surface area contributed by atoms with Crippen molar-refractivity contribution in [3.05, 3.63) is 29.1 Å². The van der Waals surface area contributed by atoms with Crippen molar-refractivity contribution < 1.29 is 22.7 Å². The minimum Gasteiger partial charge on any atom is -0.392 e. The van der Waals surface area contributed by atoms with Crippen molar-refractivity contribution in [1.82, 2.24) is 4.72 Å². The van der Waals surface area contributed by atoms with Crippen molar-refractivity contribution in [2.75, 3.05) is 7.11 Å². The molecule has 0 aliphatic heterocycles. The minimum absolute atomic E-state index is 0.0231. The first-order valence-corrected chi connectivity index (χ1v) is 8.32. The molecule has 2 rings (SSSR count). The second-order valence-electron chi connectivity index (χ2n) is 5.30. The summed E-state index contributed by atoms with van der Waals surface area (Å²) in [6.07, 6.45) is 2.29. The Morgan fingerprint density at radius 3 is 2.76 bits per heavy atom. The van der Waals surface area contributed by atoms with Crippen LogP contribution in [-0.4, -0.2) is 32.8 Å². The van der Waals surface area contributed by atoms with Crippen LogP contribution in [0.2, 0.25) is 0 Å². The fourth-order valence-electron chi connectivity index (χ4n) is 2.69. The first-order chi connectivity index (χ1) is 9.89. The zero-order chi connectivity index (χ0) is 15.6. The third-order valence-electron chi connectivity index (χ3n) is 3.85. The van der Waals surface area contributed by atoms with E-state index in [9.17, 15) is 12.8 Å². The van der Waals surface area contributed by atoms with E-state index < -0.39 is 22.4 Å². The predicted octanol–water partition coefficient (Wildman–Crippen LogP) is 1.47. The van der Waals surface area contributed by atoms with E-state index in [-0.39, 0.29) is 28.2 Å². The highest BCUT2D eigenvalue weighted by molar-refractivity contribution is 7.89. The van der Waals surface area contributed by atoms with Crippen molar-refractivity contribution >= 4 is 10.0 Å². The molecule has 0 spiro atoms. The predicted molar refractivity (Wildman–Crippen MR) is 75.8 cm³/mol. The van der Waals surface area contributed by atoms with Crippen molar-refractivity contribution in [1.29, 1.82) is 0 Å². The second-order valence-corrected chi connectivity index (χ2v) is 7.02. The van der Waals surface area contributed by atoms with Gasteiger partial charge in [-0.3, -0.25) is 0 Å². The average Bonchev–Trinajstić information content (AvgIpc) is 2.87. The molecule has 1 aromatic carbocycles. The number of hydrogen-bond acceptors (Lipinski definition) is 4. The van der Waals surface area contributed by atoms with E-state index in [0.717, 1.165) is 12.8 Å². The van der Waals surface area contributed by atoms with Gasteiger partial charge in [-0.25, -0.2) is 17.5 Å². The van der Waals surface area contributed by atoms with Gasteiger partial charge < -0.3 is 9.84 Å². The number of aliphatic hydroxyl groups excluding tert-OH is 1. The summed E-state index contributed by atoms with van der Waals surface area (Å²) in [7, 11) is -2.21. The summed E-state index contributed by atoms with van der Waals surface area (Å²) in [6.45, 7) is 0.932. The van der Waals surface area contributed by atoms with Crippen molar-refractivity contribution in [2.24, 2.45) is 0 Å². The number of hydrogen-bond donors (Lipinski definition) is 2. The highest BCUT2D eigenvalue weighted by atomic mass is 32.2. The van der Waals surface area contributed by atoms with E-state index in [2.05, 4.69) is 4.72 Å². The molecular formula is C14H20FNO4S. The Bertz CT molecular complexity index is 618. The van der Waals surface area contributed by atoms with Gasteiger partial charge in [-0.15, -0.1) is 0 Å². The number of ether oxygens (including phenoxy) is 1. The smallest absolute Gasteiger partial charge is 0.240 e. The number of aryl methyl sites for hydroxylation is 1. The molecule has 2 unspecified atom stereocenters. The maximum atomic E-state index is 13.7. The van der Waals surface area contributed by atoms with Crippen LogP contribution in [0.4, 0.5) is 4.39 Å². The zero-order valence-electron chi connectivity index (χ0n) is 12.1.